The third-order valence-corrected chi connectivity index (χ3v) is 2.07. The first kappa shape index (κ1) is 10.3. The number of ketones is 1. The van der Waals surface area contributed by atoms with Gasteiger partial charge in [0.2, 0.25) is 0 Å². The fourth-order valence-electron chi connectivity index (χ4n) is 0.971. The Morgan fingerprint density at radius 1 is 1.54 bits per heavy atom. The monoisotopic (exact) mass is 242 g/mol. The molecule has 0 saturated heterocycles. The van der Waals surface area contributed by atoms with Crippen LogP contribution in [0.1, 0.15) is 23.2 Å². The van der Waals surface area contributed by atoms with Gasteiger partial charge in [-0.05, 0) is 35.0 Å². The summed E-state index contributed by atoms with van der Waals surface area (Å²) in [4.78, 5) is 15.4. The Morgan fingerprint density at radius 2 is 2.31 bits per heavy atom. The molecular formula is C9H11BrN2O. The molecule has 0 unspecified atom stereocenters. The van der Waals surface area contributed by atoms with Crippen molar-refractivity contribution in [2.24, 2.45) is 5.73 Å². The lowest BCUT2D eigenvalue weighted by Gasteiger charge is -1.99. The van der Waals surface area contributed by atoms with Gasteiger partial charge in [0, 0.05) is 28.9 Å². The molecule has 0 aliphatic heterocycles. The fraction of sp³-hybridized carbons (Fsp3) is 0.333. The molecule has 0 bridgehead atoms. The number of rotatable bonds is 4. The second kappa shape index (κ2) is 5.09. The number of hydrogen-bond acceptors (Lipinski definition) is 3. The summed E-state index contributed by atoms with van der Waals surface area (Å²) in [6, 6.07) is 1.77. The van der Waals surface area contributed by atoms with Crippen molar-refractivity contribution in [1.29, 1.82) is 0 Å². The number of nitrogens with zero attached hydrogens (tertiary/aromatic N) is 1. The van der Waals surface area contributed by atoms with Crippen LogP contribution < -0.4 is 5.73 Å². The first-order chi connectivity index (χ1) is 6.24. The van der Waals surface area contributed by atoms with Crippen molar-refractivity contribution in [3.63, 3.8) is 0 Å². The van der Waals surface area contributed by atoms with Crippen molar-refractivity contribution >= 4 is 21.7 Å². The van der Waals surface area contributed by atoms with Gasteiger partial charge in [-0.2, -0.15) is 0 Å². The van der Waals surface area contributed by atoms with Crippen LogP contribution in [-0.2, 0) is 0 Å². The maximum absolute atomic E-state index is 11.4. The van der Waals surface area contributed by atoms with Gasteiger partial charge >= 0.3 is 0 Å². The van der Waals surface area contributed by atoms with Crippen LogP contribution >= 0.6 is 15.9 Å². The van der Waals surface area contributed by atoms with E-state index in [9.17, 15) is 4.79 Å². The SMILES string of the molecule is NCCCC(=O)c1cncc(Br)c1. The highest BCUT2D eigenvalue weighted by Crippen LogP contribution is 2.11. The van der Waals surface area contributed by atoms with Gasteiger partial charge in [-0.3, -0.25) is 9.78 Å². The van der Waals surface area contributed by atoms with Crippen LogP contribution in [0, 0.1) is 0 Å². The molecule has 0 aliphatic carbocycles. The summed E-state index contributed by atoms with van der Waals surface area (Å²) in [5.74, 6) is 0.0965. The Balaban J connectivity index is 2.66. The van der Waals surface area contributed by atoms with Gasteiger partial charge in [-0.15, -0.1) is 0 Å². The van der Waals surface area contributed by atoms with Crippen LogP contribution in [-0.4, -0.2) is 17.3 Å². The zero-order valence-electron chi connectivity index (χ0n) is 7.16. The van der Waals surface area contributed by atoms with E-state index in [1.54, 1.807) is 18.5 Å². The molecule has 1 aromatic heterocycles. The van der Waals surface area contributed by atoms with Gasteiger partial charge < -0.3 is 5.73 Å². The van der Waals surface area contributed by atoms with E-state index < -0.39 is 0 Å². The Hall–Kier alpha value is -0.740. The number of halogens is 1. The average molecular weight is 243 g/mol. The second-order valence-electron chi connectivity index (χ2n) is 2.71. The molecule has 0 radical (unpaired) electrons. The van der Waals surface area contributed by atoms with Crippen molar-refractivity contribution in [3.8, 4) is 0 Å². The highest BCUT2D eigenvalue weighted by Gasteiger charge is 2.05. The summed E-state index contributed by atoms with van der Waals surface area (Å²) in [6.45, 7) is 0.549. The van der Waals surface area contributed by atoms with Gasteiger partial charge in [0.05, 0.1) is 0 Å². The highest BCUT2D eigenvalue weighted by molar-refractivity contribution is 9.10. The first-order valence-corrected chi connectivity index (χ1v) is 4.87. The number of pyridine rings is 1. The van der Waals surface area contributed by atoms with Crippen molar-refractivity contribution in [1.82, 2.24) is 4.98 Å². The van der Waals surface area contributed by atoms with Gasteiger partial charge in [-0.1, -0.05) is 0 Å². The number of Topliss-reactive ketones (excluding diaryl/α,β-unsaturated/α-hetero) is 1. The van der Waals surface area contributed by atoms with Gasteiger partial charge in [0.1, 0.15) is 0 Å². The van der Waals surface area contributed by atoms with Crippen LogP contribution in [0.3, 0.4) is 0 Å². The molecule has 2 N–H and O–H groups in total. The molecule has 4 heteroatoms. The van der Waals surface area contributed by atoms with Crippen LogP contribution in [0.4, 0.5) is 0 Å². The van der Waals surface area contributed by atoms with Gasteiger partial charge in [-0.25, -0.2) is 0 Å². The minimum atomic E-state index is 0.0965. The Morgan fingerprint density at radius 3 is 2.92 bits per heavy atom. The van der Waals surface area contributed by atoms with Crippen LogP contribution in [0.15, 0.2) is 22.9 Å². The van der Waals surface area contributed by atoms with E-state index in [1.807, 2.05) is 0 Å². The number of nitrogens with two attached hydrogens (primary N) is 1. The third kappa shape index (κ3) is 3.24. The van der Waals surface area contributed by atoms with Gasteiger partial charge in [0.15, 0.2) is 5.78 Å². The smallest absolute Gasteiger partial charge is 0.164 e. The molecule has 70 valence electrons. The van der Waals surface area contributed by atoms with E-state index in [0.29, 0.717) is 18.5 Å². The lowest BCUT2D eigenvalue weighted by molar-refractivity contribution is 0.0980. The predicted molar refractivity (Wildman–Crippen MR) is 54.6 cm³/mol. The number of carbonyl (C=O) groups excluding carboxylic acids is 1. The van der Waals surface area contributed by atoms with Crippen LogP contribution in [0.25, 0.3) is 0 Å². The standard InChI is InChI=1S/C9H11BrN2O/c10-8-4-7(5-12-6-8)9(13)2-1-3-11/h4-6H,1-3,11H2. The van der Waals surface area contributed by atoms with Crippen molar-refractivity contribution in [2.45, 2.75) is 12.8 Å². The maximum atomic E-state index is 11.4. The molecular weight excluding hydrogens is 232 g/mol. The normalized spacial score (nSPS) is 10.0. The maximum Gasteiger partial charge on any atom is 0.164 e. The van der Waals surface area contributed by atoms with E-state index in [1.165, 1.54) is 0 Å². The molecule has 0 spiro atoms. The molecule has 1 aromatic rings. The predicted octanol–water partition coefficient (Wildman–Crippen LogP) is 1.77. The molecule has 0 fully saturated rings. The highest BCUT2D eigenvalue weighted by atomic mass is 79.9. The number of carbonyl (C=O) groups is 1. The third-order valence-electron chi connectivity index (χ3n) is 1.63. The van der Waals surface area contributed by atoms with Crippen LogP contribution in [0.5, 0.6) is 0 Å². The molecule has 1 rings (SSSR count). The van der Waals surface area contributed by atoms with Gasteiger partial charge in [0.25, 0.3) is 0 Å². The summed E-state index contributed by atoms with van der Waals surface area (Å²) in [7, 11) is 0. The molecule has 1 heterocycles. The lowest BCUT2D eigenvalue weighted by atomic mass is 10.1. The van der Waals surface area contributed by atoms with E-state index in [2.05, 4.69) is 20.9 Å². The minimum Gasteiger partial charge on any atom is -0.330 e. The Labute approximate surface area is 85.5 Å². The fourth-order valence-corrected chi connectivity index (χ4v) is 1.34. The number of hydrogen-bond donors (Lipinski definition) is 1. The topological polar surface area (TPSA) is 56.0 Å². The summed E-state index contributed by atoms with van der Waals surface area (Å²) >= 11 is 3.26. The Bertz CT molecular complexity index is 301. The Kier molecular flexibility index (Phi) is 4.05. The van der Waals surface area contributed by atoms with E-state index in [4.69, 9.17) is 5.73 Å². The molecule has 13 heavy (non-hydrogen) atoms. The molecule has 0 aromatic carbocycles. The molecule has 0 amide bonds. The molecule has 0 aliphatic rings. The number of aromatic nitrogens is 1. The lowest BCUT2D eigenvalue weighted by Crippen LogP contribution is -2.05. The minimum absolute atomic E-state index is 0.0965. The first-order valence-electron chi connectivity index (χ1n) is 4.08. The molecule has 3 nitrogen and oxygen atoms in total. The van der Waals surface area contributed by atoms with E-state index in [-0.39, 0.29) is 5.78 Å². The summed E-state index contributed by atoms with van der Waals surface area (Å²) in [6.07, 6.45) is 4.45. The van der Waals surface area contributed by atoms with E-state index in [0.717, 1.165) is 10.9 Å². The van der Waals surface area contributed by atoms with Crippen molar-refractivity contribution in [2.75, 3.05) is 6.54 Å². The van der Waals surface area contributed by atoms with E-state index >= 15 is 0 Å². The average Bonchev–Trinajstić information content (AvgIpc) is 2.14. The van der Waals surface area contributed by atoms with Crippen molar-refractivity contribution in [3.05, 3.63) is 28.5 Å². The summed E-state index contributed by atoms with van der Waals surface area (Å²) < 4.78 is 0.825. The van der Waals surface area contributed by atoms with Crippen molar-refractivity contribution < 1.29 is 4.79 Å². The van der Waals surface area contributed by atoms with Crippen LogP contribution in [0.2, 0.25) is 0 Å². The zero-order valence-corrected chi connectivity index (χ0v) is 8.75. The zero-order chi connectivity index (χ0) is 9.68. The summed E-state index contributed by atoms with van der Waals surface area (Å²) in [5, 5.41) is 0. The molecule has 0 atom stereocenters. The second-order valence-corrected chi connectivity index (χ2v) is 3.62. The quantitative estimate of drug-likeness (QED) is 0.820. The summed E-state index contributed by atoms with van der Waals surface area (Å²) in [5.41, 5.74) is 5.95. The largest absolute Gasteiger partial charge is 0.330 e. The molecule has 0 saturated carbocycles.